The maximum atomic E-state index is 12.2. The van der Waals surface area contributed by atoms with Gasteiger partial charge in [-0.3, -0.25) is 19.7 Å². The van der Waals surface area contributed by atoms with E-state index in [9.17, 15) is 4.79 Å². The minimum absolute atomic E-state index is 0.122. The Labute approximate surface area is 156 Å². The molecule has 2 N–H and O–H groups in total. The van der Waals surface area contributed by atoms with Gasteiger partial charge in [-0.2, -0.15) is 11.8 Å². The van der Waals surface area contributed by atoms with Gasteiger partial charge < -0.3 is 5.32 Å². The predicted octanol–water partition coefficient (Wildman–Crippen LogP) is 2.80. The molecule has 7 heteroatoms. The topological polar surface area (TPSA) is 83.6 Å². The normalized spacial score (nSPS) is 10.7. The van der Waals surface area contributed by atoms with E-state index in [0.717, 1.165) is 29.3 Å². The molecule has 0 fully saturated rings. The maximum absolute atomic E-state index is 12.2. The molecule has 0 aliphatic carbocycles. The van der Waals surface area contributed by atoms with Gasteiger partial charge >= 0.3 is 0 Å². The number of pyridine rings is 2. The number of anilines is 1. The smallest absolute Gasteiger partial charge is 0.255 e. The largest absolute Gasteiger partial charge is 0.355 e. The molecule has 3 aromatic heterocycles. The van der Waals surface area contributed by atoms with Crippen LogP contribution in [0.3, 0.4) is 0 Å². The fourth-order valence-corrected chi connectivity index (χ4v) is 3.21. The lowest BCUT2D eigenvalue weighted by Gasteiger charge is -2.06. The highest BCUT2D eigenvalue weighted by atomic mass is 32.2. The van der Waals surface area contributed by atoms with E-state index in [-0.39, 0.29) is 5.56 Å². The van der Waals surface area contributed by atoms with Crippen molar-refractivity contribution in [3.8, 4) is 0 Å². The van der Waals surface area contributed by atoms with Crippen LogP contribution in [0, 0.1) is 6.92 Å². The highest BCUT2D eigenvalue weighted by Gasteiger charge is 2.04. The van der Waals surface area contributed by atoms with Crippen molar-refractivity contribution in [3.05, 3.63) is 81.8 Å². The molecular weight excluding hydrogens is 346 g/mol. The van der Waals surface area contributed by atoms with E-state index in [1.54, 1.807) is 30.4 Å². The van der Waals surface area contributed by atoms with Gasteiger partial charge in [-0.1, -0.05) is 6.07 Å². The molecule has 0 radical (unpaired) electrons. The van der Waals surface area contributed by atoms with Gasteiger partial charge in [0.15, 0.2) is 0 Å². The lowest BCUT2D eigenvalue weighted by molar-refractivity contribution is 1.00. The van der Waals surface area contributed by atoms with Crippen molar-refractivity contribution in [1.29, 1.82) is 0 Å². The summed E-state index contributed by atoms with van der Waals surface area (Å²) in [7, 11) is 0. The van der Waals surface area contributed by atoms with Crippen LogP contribution in [0.25, 0.3) is 0 Å². The number of nitrogens with zero attached hydrogens (tertiary/aromatic N) is 3. The van der Waals surface area contributed by atoms with Crippen LogP contribution < -0.4 is 10.9 Å². The zero-order chi connectivity index (χ0) is 18.2. The third kappa shape index (κ3) is 5.42. The van der Waals surface area contributed by atoms with Crippen LogP contribution in [0.2, 0.25) is 0 Å². The molecule has 134 valence electrons. The van der Waals surface area contributed by atoms with E-state index in [0.29, 0.717) is 17.9 Å². The summed E-state index contributed by atoms with van der Waals surface area (Å²) in [5.74, 6) is 2.27. The molecule has 0 aliphatic heterocycles. The number of aromatic nitrogens is 4. The van der Waals surface area contributed by atoms with Crippen LogP contribution in [0.1, 0.15) is 22.4 Å². The van der Waals surface area contributed by atoms with Gasteiger partial charge in [0.2, 0.25) is 5.95 Å². The summed E-state index contributed by atoms with van der Waals surface area (Å²) in [6.07, 6.45) is 7.46. The van der Waals surface area contributed by atoms with E-state index in [1.165, 1.54) is 5.56 Å². The van der Waals surface area contributed by atoms with Crippen LogP contribution >= 0.6 is 11.8 Å². The fraction of sp³-hybridized carbons (Fsp3) is 0.263. The van der Waals surface area contributed by atoms with Crippen molar-refractivity contribution < 1.29 is 0 Å². The van der Waals surface area contributed by atoms with Crippen molar-refractivity contribution >= 4 is 17.7 Å². The molecular formula is C19H21N5OS. The Bertz CT molecular complexity index is 898. The number of rotatable bonds is 8. The highest BCUT2D eigenvalue weighted by molar-refractivity contribution is 7.98. The number of aromatic amines is 1. The fourth-order valence-electron chi connectivity index (χ4n) is 2.46. The van der Waals surface area contributed by atoms with Crippen LogP contribution in [0.4, 0.5) is 5.95 Å². The average molecular weight is 367 g/mol. The van der Waals surface area contributed by atoms with Crippen LogP contribution in [-0.4, -0.2) is 32.2 Å². The minimum Gasteiger partial charge on any atom is -0.355 e. The Balaban J connectivity index is 1.45. The number of hydrogen-bond donors (Lipinski definition) is 2. The van der Waals surface area contributed by atoms with E-state index in [4.69, 9.17) is 0 Å². The molecule has 0 saturated heterocycles. The second kappa shape index (κ2) is 9.15. The Morgan fingerprint density at radius 2 is 2.12 bits per heavy atom. The van der Waals surface area contributed by atoms with Gasteiger partial charge in [0.25, 0.3) is 5.56 Å². The average Bonchev–Trinajstić information content (AvgIpc) is 2.64. The molecule has 0 bridgehead atoms. The van der Waals surface area contributed by atoms with E-state index >= 15 is 0 Å². The Kier molecular flexibility index (Phi) is 6.38. The maximum Gasteiger partial charge on any atom is 0.255 e. The predicted molar refractivity (Wildman–Crippen MR) is 106 cm³/mol. The Morgan fingerprint density at radius 3 is 2.88 bits per heavy atom. The SMILES string of the molecule is Cc1ccnc(CSCCNc2ncc(Cc3cccnc3)c(=O)[nH]2)c1. The summed E-state index contributed by atoms with van der Waals surface area (Å²) in [5, 5.41) is 3.15. The van der Waals surface area contributed by atoms with Gasteiger partial charge in [0.05, 0.1) is 5.69 Å². The zero-order valence-corrected chi connectivity index (χ0v) is 15.4. The van der Waals surface area contributed by atoms with Gasteiger partial charge in [-0.25, -0.2) is 4.98 Å². The third-order valence-corrected chi connectivity index (χ3v) is 4.74. The summed E-state index contributed by atoms with van der Waals surface area (Å²) in [6.45, 7) is 2.79. The lowest BCUT2D eigenvalue weighted by atomic mass is 10.1. The molecule has 0 aromatic carbocycles. The first kappa shape index (κ1) is 18.1. The number of hydrogen-bond acceptors (Lipinski definition) is 6. The molecule has 3 aromatic rings. The van der Waals surface area contributed by atoms with Gasteiger partial charge in [-0.15, -0.1) is 0 Å². The monoisotopic (exact) mass is 367 g/mol. The lowest BCUT2D eigenvalue weighted by Crippen LogP contribution is -2.18. The summed E-state index contributed by atoms with van der Waals surface area (Å²) in [5.41, 5.74) is 3.80. The van der Waals surface area contributed by atoms with Crippen molar-refractivity contribution in [2.24, 2.45) is 0 Å². The molecule has 3 rings (SSSR count). The van der Waals surface area contributed by atoms with Gasteiger partial charge in [-0.05, 0) is 36.2 Å². The Hall–Kier alpha value is -2.67. The molecule has 0 spiro atoms. The van der Waals surface area contributed by atoms with E-state index in [2.05, 4.69) is 38.2 Å². The first-order chi connectivity index (χ1) is 12.7. The number of H-pyrrole nitrogens is 1. The summed E-state index contributed by atoms with van der Waals surface area (Å²) < 4.78 is 0. The number of nitrogens with one attached hydrogen (secondary N) is 2. The third-order valence-electron chi connectivity index (χ3n) is 3.75. The molecule has 0 saturated carbocycles. The highest BCUT2D eigenvalue weighted by Crippen LogP contribution is 2.11. The number of thioether (sulfide) groups is 1. The van der Waals surface area contributed by atoms with E-state index in [1.807, 2.05) is 24.4 Å². The quantitative estimate of drug-likeness (QED) is 0.596. The molecule has 26 heavy (non-hydrogen) atoms. The first-order valence-corrected chi connectivity index (χ1v) is 9.56. The standard InChI is InChI=1S/C19H21N5OS/c1-14-4-6-21-17(9-14)13-26-8-7-22-19-23-12-16(18(25)24-19)10-15-3-2-5-20-11-15/h2-6,9,11-12H,7-8,10,13H2,1H3,(H2,22,23,24,25). The minimum atomic E-state index is -0.122. The molecule has 0 unspecified atom stereocenters. The van der Waals surface area contributed by atoms with Crippen molar-refractivity contribution in [2.45, 2.75) is 19.1 Å². The molecule has 0 amide bonds. The van der Waals surface area contributed by atoms with Crippen molar-refractivity contribution in [3.63, 3.8) is 0 Å². The molecule has 3 heterocycles. The van der Waals surface area contributed by atoms with Crippen molar-refractivity contribution in [2.75, 3.05) is 17.6 Å². The van der Waals surface area contributed by atoms with Crippen LogP contribution in [0.5, 0.6) is 0 Å². The molecule has 0 atom stereocenters. The van der Waals surface area contributed by atoms with Gasteiger partial charge in [0.1, 0.15) is 0 Å². The molecule has 0 aliphatic rings. The van der Waals surface area contributed by atoms with E-state index < -0.39 is 0 Å². The van der Waals surface area contributed by atoms with Crippen molar-refractivity contribution in [1.82, 2.24) is 19.9 Å². The second-order valence-electron chi connectivity index (χ2n) is 5.93. The zero-order valence-electron chi connectivity index (χ0n) is 14.6. The number of aryl methyl sites for hydroxylation is 1. The Morgan fingerprint density at radius 1 is 1.19 bits per heavy atom. The summed E-state index contributed by atoms with van der Waals surface area (Å²) >= 11 is 1.79. The molecule has 6 nitrogen and oxygen atoms in total. The summed E-state index contributed by atoms with van der Waals surface area (Å²) in [4.78, 5) is 27.7. The first-order valence-electron chi connectivity index (χ1n) is 8.41. The van der Waals surface area contributed by atoms with Gasteiger partial charge in [0, 0.05) is 54.8 Å². The summed E-state index contributed by atoms with van der Waals surface area (Å²) in [6, 6.07) is 7.89. The second-order valence-corrected chi connectivity index (χ2v) is 7.03. The van der Waals surface area contributed by atoms with Crippen LogP contribution in [-0.2, 0) is 12.2 Å². The van der Waals surface area contributed by atoms with Crippen LogP contribution in [0.15, 0.2) is 53.8 Å².